The fraction of sp³-hybridized carbons (Fsp3) is 0.0400. The summed E-state index contributed by atoms with van der Waals surface area (Å²) in [5.41, 5.74) is 0.753. The van der Waals surface area contributed by atoms with Gasteiger partial charge >= 0.3 is 0 Å². The molecule has 4 nitrogen and oxygen atoms in total. The van der Waals surface area contributed by atoms with Crippen molar-refractivity contribution in [3.8, 4) is 17.2 Å². The lowest BCUT2D eigenvalue weighted by molar-refractivity contribution is 0.418. The number of hydrogen-bond acceptors (Lipinski definition) is 4. The molecule has 0 saturated heterocycles. The Bertz CT molecular complexity index is 1170. The van der Waals surface area contributed by atoms with Crippen LogP contribution in [0.4, 0.5) is 5.69 Å². The minimum Gasteiger partial charge on any atom is -0.507 e. The number of benzene rings is 4. The molecule has 0 aliphatic heterocycles. The number of hydrogen-bond donors (Lipinski definition) is 2. The first-order valence-corrected chi connectivity index (χ1v) is 11.3. The Kier molecular flexibility index (Phi) is 5.60. The molecule has 4 rings (SSSR count). The molecule has 0 heterocycles. The van der Waals surface area contributed by atoms with Crippen LogP contribution in [0.5, 0.6) is 17.2 Å². The highest BCUT2D eigenvalue weighted by molar-refractivity contribution is 7.88. The molecule has 150 valence electrons. The molecule has 0 aliphatic rings. The van der Waals surface area contributed by atoms with E-state index in [2.05, 4.69) is 0 Å². The lowest BCUT2D eigenvalue weighted by Gasteiger charge is -2.29. The second-order valence-corrected chi connectivity index (χ2v) is 9.64. The highest BCUT2D eigenvalue weighted by Crippen LogP contribution is 2.54. The van der Waals surface area contributed by atoms with Crippen molar-refractivity contribution < 1.29 is 14.9 Å². The van der Waals surface area contributed by atoms with Crippen molar-refractivity contribution in [3.63, 3.8) is 0 Å². The van der Waals surface area contributed by atoms with Gasteiger partial charge in [-0.25, -0.2) is 0 Å². The van der Waals surface area contributed by atoms with Crippen molar-refractivity contribution in [2.75, 3.05) is 7.11 Å². The molecule has 0 aliphatic carbocycles. The van der Waals surface area contributed by atoms with Gasteiger partial charge in [0.1, 0.15) is 17.2 Å². The fourth-order valence-electron chi connectivity index (χ4n) is 3.59. The number of aromatic hydroxyl groups is 2. The number of methoxy groups -OCH3 is 1. The van der Waals surface area contributed by atoms with Crippen molar-refractivity contribution in [2.45, 2.75) is 0 Å². The van der Waals surface area contributed by atoms with Gasteiger partial charge in [0.05, 0.1) is 19.9 Å². The van der Waals surface area contributed by atoms with Gasteiger partial charge in [-0.15, -0.1) is 0 Å². The first-order valence-electron chi connectivity index (χ1n) is 9.55. The van der Waals surface area contributed by atoms with Crippen LogP contribution in [0.15, 0.2) is 108 Å². The Morgan fingerprint density at radius 2 is 1.07 bits per heavy atom. The average molecular weight is 415 g/mol. The Morgan fingerprint density at radius 3 is 1.60 bits per heavy atom. The lowest BCUT2D eigenvalue weighted by Crippen LogP contribution is -2.27. The topological polar surface area (TPSA) is 62.0 Å². The van der Waals surface area contributed by atoms with Crippen LogP contribution in [0.3, 0.4) is 0 Å². The highest BCUT2D eigenvalue weighted by atomic mass is 31.2. The maximum absolute atomic E-state index is 10.9. The summed E-state index contributed by atoms with van der Waals surface area (Å²) in [6.45, 7) is 0. The van der Waals surface area contributed by atoms with Crippen LogP contribution in [0, 0.1) is 0 Å². The third kappa shape index (κ3) is 3.47. The van der Waals surface area contributed by atoms with Crippen LogP contribution in [0.25, 0.3) is 0 Å². The van der Waals surface area contributed by atoms with E-state index in [9.17, 15) is 10.2 Å². The molecule has 0 radical (unpaired) electrons. The third-order valence-electron chi connectivity index (χ3n) is 4.92. The van der Waals surface area contributed by atoms with Crippen LogP contribution in [-0.2, 0) is 0 Å². The fourth-order valence-corrected chi connectivity index (χ4v) is 7.38. The highest BCUT2D eigenvalue weighted by Gasteiger charge is 2.34. The molecule has 0 bridgehead atoms. The van der Waals surface area contributed by atoms with Gasteiger partial charge in [0.2, 0.25) is 0 Å². The number of nitrogens with zero attached hydrogens (tertiary/aromatic N) is 1. The Morgan fingerprint density at radius 1 is 0.600 bits per heavy atom. The summed E-state index contributed by atoms with van der Waals surface area (Å²) in [4.78, 5) is 0. The Balaban J connectivity index is 2.25. The molecule has 2 N–H and O–H groups in total. The van der Waals surface area contributed by atoms with Crippen LogP contribution in [0.1, 0.15) is 0 Å². The minimum absolute atomic E-state index is 0.125. The minimum atomic E-state index is -2.90. The van der Waals surface area contributed by atoms with Gasteiger partial charge in [-0.1, -0.05) is 54.6 Å². The number of phenolic OH excluding ortho intramolecular Hbond substituents is 2. The second-order valence-electron chi connectivity index (χ2n) is 6.72. The quantitative estimate of drug-likeness (QED) is 0.455. The zero-order valence-corrected chi connectivity index (χ0v) is 17.4. The second kappa shape index (κ2) is 8.48. The number of rotatable bonds is 5. The van der Waals surface area contributed by atoms with Crippen molar-refractivity contribution in [1.82, 2.24) is 0 Å². The van der Waals surface area contributed by atoms with E-state index < -0.39 is 7.05 Å². The normalized spacial score (nSPS) is 11.1. The molecule has 0 spiro atoms. The lowest BCUT2D eigenvalue weighted by atomic mass is 10.3. The molecule has 30 heavy (non-hydrogen) atoms. The maximum Gasteiger partial charge on any atom is 0.128 e. The Hall–Kier alpha value is -3.49. The predicted octanol–water partition coefficient (Wildman–Crippen LogP) is 4.92. The van der Waals surface area contributed by atoms with E-state index in [4.69, 9.17) is 9.48 Å². The van der Waals surface area contributed by atoms with E-state index in [-0.39, 0.29) is 11.5 Å². The maximum atomic E-state index is 10.9. The van der Waals surface area contributed by atoms with E-state index in [0.717, 1.165) is 11.0 Å². The number of ether oxygens (including phenoxy) is 1. The third-order valence-corrected chi connectivity index (χ3v) is 8.66. The zero-order chi connectivity index (χ0) is 21.0. The van der Waals surface area contributed by atoms with Crippen LogP contribution >= 0.6 is 7.05 Å². The van der Waals surface area contributed by atoms with E-state index >= 15 is 0 Å². The van der Waals surface area contributed by atoms with Crippen molar-refractivity contribution in [2.24, 2.45) is 4.74 Å². The van der Waals surface area contributed by atoms with Gasteiger partial charge in [-0.2, -0.15) is 0 Å². The zero-order valence-electron chi connectivity index (χ0n) is 16.5. The summed E-state index contributed by atoms with van der Waals surface area (Å²) in [6, 6.07) is 31.6. The number of phenols is 2. The van der Waals surface area contributed by atoms with Gasteiger partial charge in [0.25, 0.3) is 0 Å². The van der Waals surface area contributed by atoms with E-state index in [1.807, 2.05) is 78.9 Å². The van der Waals surface area contributed by atoms with Crippen molar-refractivity contribution in [3.05, 3.63) is 103 Å². The largest absolute Gasteiger partial charge is 0.507 e. The average Bonchev–Trinajstić information content (AvgIpc) is 2.79. The van der Waals surface area contributed by atoms with E-state index in [0.29, 0.717) is 16.4 Å². The molecule has 4 aromatic carbocycles. The van der Waals surface area contributed by atoms with Crippen LogP contribution in [0.2, 0.25) is 0 Å². The SMILES string of the molecule is COc1ccccc1P(=Nc1ccccc1)(c1ccccc1O)c1ccccc1O. The standard InChI is InChI=1S/C25H22NO3P/c1-29-22-15-7-10-18-25(22)30(23-16-8-5-13-20(23)27,24-17-9-6-14-21(24)28)26-19-11-3-2-4-12-19/h2-18,27-28H,1H3. The molecule has 0 atom stereocenters. The van der Waals surface area contributed by atoms with Crippen LogP contribution < -0.4 is 20.7 Å². The van der Waals surface area contributed by atoms with Crippen molar-refractivity contribution >= 4 is 28.7 Å². The monoisotopic (exact) mass is 415 g/mol. The summed E-state index contributed by atoms with van der Waals surface area (Å²) in [5.74, 6) is 0.899. The van der Waals surface area contributed by atoms with Crippen LogP contribution in [-0.4, -0.2) is 17.3 Å². The Labute approximate surface area is 176 Å². The molecule has 0 amide bonds. The molecule has 5 heteroatoms. The van der Waals surface area contributed by atoms with Gasteiger partial charge in [-0.05, 0) is 48.5 Å². The first kappa shape index (κ1) is 19.8. The van der Waals surface area contributed by atoms with E-state index in [1.165, 1.54) is 0 Å². The number of para-hydroxylation sites is 3. The summed E-state index contributed by atoms with van der Waals surface area (Å²) in [5, 5.41) is 24.0. The van der Waals surface area contributed by atoms with Gasteiger partial charge in [0, 0.05) is 15.9 Å². The van der Waals surface area contributed by atoms with E-state index in [1.54, 1.807) is 31.4 Å². The molecule has 0 unspecified atom stereocenters. The first-order chi connectivity index (χ1) is 14.7. The smallest absolute Gasteiger partial charge is 0.128 e. The summed E-state index contributed by atoms with van der Waals surface area (Å²) in [6.07, 6.45) is 0. The summed E-state index contributed by atoms with van der Waals surface area (Å²) in [7, 11) is -1.29. The van der Waals surface area contributed by atoms with Gasteiger partial charge in [-0.3, -0.25) is 4.74 Å². The summed E-state index contributed by atoms with van der Waals surface area (Å²) < 4.78 is 11.0. The van der Waals surface area contributed by atoms with Crippen molar-refractivity contribution in [1.29, 1.82) is 0 Å². The molecule has 0 saturated carbocycles. The predicted molar refractivity (Wildman–Crippen MR) is 124 cm³/mol. The summed E-state index contributed by atoms with van der Waals surface area (Å²) >= 11 is 0. The molecule has 4 aromatic rings. The molecular formula is C25H22NO3P. The van der Waals surface area contributed by atoms with Gasteiger partial charge in [0.15, 0.2) is 0 Å². The molecule has 0 fully saturated rings. The molecular weight excluding hydrogens is 393 g/mol. The van der Waals surface area contributed by atoms with Gasteiger partial charge < -0.3 is 14.9 Å². The molecule has 0 aromatic heterocycles.